The largest absolute Gasteiger partial charge is 0.379 e. The zero-order chi connectivity index (χ0) is 18.6. The Morgan fingerprint density at radius 1 is 1.30 bits per heavy atom. The van der Waals surface area contributed by atoms with Gasteiger partial charge in [0.2, 0.25) is 0 Å². The molecule has 144 valence electrons. The minimum Gasteiger partial charge on any atom is -0.379 e. The fourth-order valence-corrected chi connectivity index (χ4v) is 4.29. The second kappa shape index (κ2) is 8.43. The maximum Gasteiger partial charge on any atom is 0.274 e. The Morgan fingerprint density at radius 2 is 2.15 bits per heavy atom. The molecule has 0 aliphatic carbocycles. The van der Waals surface area contributed by atoms with E-state index in [4.69, 9.17) is 9.47 Å². The molecule has 2 fully saturated rings. The van der Waals surface area contributed by atoms with Crippen molar-refractivity contribution in [3.05, 3.63) is 46.2 Å². The number of hydrogen-bond acceptors (Lipinski definition) is 7. The molecule has 0 radical (unpaired) electrons. The van der Waals surface area contributed by atoms with E-state index in [-0.39, 0.29) is 18.1 Å². The van der Waals surface area contributed by atoms with Crippen LogP contribution >= 0.6 is 11.3 Å². The van der Waals surface area contributed by atoms with E-state index in [1.165, 1.54) is 11.3 Å². The molecular formula is C19H24N4O3S. The fraction of sp³-hybridized carbons (Fsp3) is 0.526. The summed E-state index contributed by atoms with van der Waals surface area (Å²) in [6, 6.07) is 3.75. The fourth-order valence-electron chi connectivity index (χ4n) is 3.71. The van der Waals surface area contributed by atoms with Gasteiger partial charge < -0.3 is 14.4 Å². The average Bonchev–Trinajstić information content (AvgIpc) is 3.15. The van der Waals surface area contributed by atoms with E-state index in [0.717, 1.165) is 43.4 Å². The van der Waals surface area contributed by atoms with E-state index in [1.807, 2.05) is 35.5 Å². The van der Waals surface area contributed by atoms with Crippen molar-refractivity contribution in [2.24, 2.45) is 0 Å². The molecule has 7 nitrogen and oxygen atoms in total. The zero-order valence-corrected chi connectivity index (χ0v) is 16.2. The molecule has 4 heterocycles. The highest BCUT2D eigenvalue weighted by molar-refractivity contribution is 7.09. The minimum absolute atomic E-state index is 0.0384. The van der Waals surface area contributed by atoms with Crippen molar-refractivity contribution in [2.75, 3.05) is 46.0 Å². The van der Waals surface area contributed by atoms with E-state index in [2.05, 4.69) is 14.9 Å². The quantitative estimate of drug-likeness (QED) is 0.795. The van der Waals surface area contributed by atoms with Crippen molar-refractivity contribution >= 4 is 17.2 Å². The van der Waals surface area contributed by atoms with Gasteiger partial charge in [-0.15, -0.1) is 11.3 Å². The van der Waals surface area contributed by atoms with Gasteiger partial charge in [-0.1, -0.05) is 6.07 Å². The van der Waals surface area contributed by atoms with E-state index in [9.17, 15) is 4.79 Å². The van der Waals surface area contributed by atoms with E-state index in [0.29, 0.717) is 18.8 Å². The average molecular weight is 388 g/mol. The predicted molar refractivity (Wildman–Crippen MR) is 102 cm³/mol. The van der Waals surface area contributed by atoms with Gasteiger partial charge in [-0.05, 0) is 18.6 Å². The first-order valence-electron chi connectivity index (χ1n) is 9.27. The Labute approximate surface area is 162 Å². The third-order valence-electron chi connectivity index (χ3n) is 5.02. The Hall–Kier alpha value is -1.87. The van der Waals surface area contributed by atoms with Crippen LogP contribution in [0, 0.1) is 6.92 Å². The Kier molecular flexibility index (Phi) is 5.77. The van der Waals surface area contributed by atoms with E-state index in [1.54, 1.807) is 6.20 Å². The van der Waals surface area contributed by atoms with Crippen LogP contribution in [0.4, 0.5) is 0 Å². The molecule has 0 bridgehead atoms. The van der Waals surface area contributed by atoms with Crippen molar-refractivity contribution in [2.45, 2.75) is 19.1 Å². The van der Waals surface area contributed by atoms with Crippen LogP contribution in [0.2, 0.25) is 0 Å². The summed E-state index contributed by atoms with van der Waals surface area (Å²) in [6.45, 7) is 7.02. The first-order valence-corrected chi connectivity index (χ1v) is 10.1. The van der Waals surface area contributed by atoms with Crippen LogP contribution in [0.5, 0.6) is 0 Å². The summed E-state index contributed by atoms with van der Waals surface area (Å²) in [5, 5.41) is 2.74. The number of pyridine rings is 1. The first kappa shape index (κ1) is 18.5. The molecule has 4 rings (SSSR count). The minimum atomic E-state index is -0.176. The molecule has 2 aliphatic heterocycles. The van der Waals surface area contributed by atoms with Gasteiger partial charge in [0, 0.05) is 44.0 Å². The molecule has 1 amide bonds. The lowest BCUT2D eigenvalue weighted by Crippen LogP contribution is -2.53. The van der Waals surface area contributed by atoms with Crippen LogP contribution in [-0.2, 0) is 9.47 Å². The standard InChI is InChI=1S/C19H24N4O3S/c1-14-21-16(13-27-14)19(24)23-7-10-26-17(12-22-5-8-25-9-6-22)18(23)15-3-2-4-20-11-15/h2-4,11,13,17-18H,5-10,12H2,1H3/t17-,18-/m0/s1. The van der Waals surface area contributed by atoms with Crippen molar-refractivity contribution in [3.63, 3.8) is 0 Å². The number of nitrogens with zero attached hydrogens (tertiary/aromatic N) is 4. The maximum absolute atomic E-state index is 13.2. The lowest BCUT2D eigenvalue weighted by atomic mass is 9.98. The van der Waals surface area contributed by atoms with Gasteiger partial charge in [0.15, 0.2) is 0 Å². The highest BCUT2D eigenvalue weighted by Crippen LogP contribution is 2.31. The molecule has 2 aromatic heterocycles. The molecule has 0 saturated carbocycles. The van der Waals surface area contributed by atoms with Crippen LogP contribution in [0.1, 0.15) is 27.1 Å². The molecule has 2 aliphatic rings. The molecule has 0 unspecified atom stereocenters. The Balaban J connectivity index is 1.61. The number of thiazole rings is 1. The normalized spacial score (nSPS) is 24.1. The summed E-state index contributed by atoms with van der Waals surface area (Å²) in [5.41, 5.74) is 1.51. The summed E-state index contributed by atoms with van der Waals surface area (Å²) < 4.78 is 11.6. The number of carbonyl (C=O) groups is 1. The van der Waals surface area contributed by atoms with Gasteiger partial charge in [0.1, 0.15) is 5.69 Å². The third kappa shape index (κ3) is 4.19. The summed E-state index contributed by atoms with van der Waals surface area (Å²) >= 11 is 1.50. The molecule has 0 N–H and O–H groups in total. The SMILES string of the molecule is Cc1nc(C(=O)N2CCO[C@@H](CN3CCOCC3)[C@@H]2c2cccnc2)cs1. The number of aromatic nitrogens is 2. The zero-order valence-electron chi connectivity index (χ0n) is 15.4. The van der Waals surface area contributed by atoms with Crippen molar-refractivity contribution < 1.29 is 14.3 Å². The lowest BCUT2D eigenvalue weighted by Gasteiger charge is -2.43. The van der Waals surface area contributed by atoms with E-state index >= 15 is 0 Å². The number of ether oxygens (including phenoxy) is 2. The van der Waals surface area contributed by atoms with E-state index < -0.39 is 0 Å². The van der Waals surface area contributed by atoms with Gasteiger partial charge in [0.05, 0.1) is 37.0 Å². The van der Waals surface area contributed by atoms with Crippen LogP contribution in [-0.4, -0.2) is 77.8 Å². The van der Waals surface area contributed by atoms with Gasteiger partial charge >= 0.3 is 0 Å². The molecule has 0 spiro atoms. The number of hydrogen-bond donors (Lipinski definition) is 0. The van der Waals surface area contributed by atoms with Crippen LogP contribution < -0.4 is 0 Å². The molecule has 2 saturated heterocycles. The second-order valence-electron chi connectivity index (χ2n) is 6.80. The van der Waals surface area contributed by atoms with Crippen LogP contribution in [0.15, 0.2) is 29.9 Å². The lowest BCUT2D eigenvalue weighted by molar-refractivity contribution is -0.0820. The highest BCUT2D eigenvalue weighted by atomic mass is 32.1. The summed E-state index contributed by atoms with van der Waals surface area (Å²) in [6.07, 6.45) is 3.47. The predicted octanol–water partition coefficient (Wildman–Crippen LogP) is 1.76. The second-order valence-corrected chi connectivity index (χ2v) is 7.87. The van der Waals surface area contributed by atoms with Crippen molar-refractivity contribution in [1.82, 2.24) is 19.8 Å². The number of morpholine rings is 2. The maximum atomic E-state index is 13.2. The van der Waals surface area contributed by atoms with Gasteiger partial charge in [-0.3, -0.25) is 14.7 Å². The number of carbonyl (C=O) groups excluding carboxylic acids is 1. The number of amides is 1. The first-order chi connectivity index (χ1) is 13.2. The van der Waals surface area contributed by atoms with Crippen molar-refractivity contribution in [3.8, 4) is 0 Å². The van der Waals surface area contributed by atoms with Gasteiger partial charge in [0.25, 0.3) is 5.91 Å². The smallest absolute Gasteiger partial charge is 0.274 e. The number of aryl methyl sites for hydroxylation is 1. The molecule has 8 heteroatoms. The Bertz CT molecular complexity index is 763. The summed E-state index contributed by atoms with van der Waals surface area (Å²) in [7, 11) is 0. The molecule has 2 aromatic rings. The highest BCUT2D eigenvalue weighted by Gasteiger charge is 2.38. The number of rotatable bonds is 4. The summed E-state index contributed by atoms with van der Waals surface area (Å²) in [4.78, 5) is 26.1. The molecule has 2 atom stereocenters. The van der Waals surface area contributed by atoms with Crippen molar-refractivity contribution in [1.29, 1.82) is 0 Å². The Morgan fingerprint density at radius 3 is 2.85 bits per heavy atom. The molecule has 0 aromatic carbocycles. The topological polar surface area (TPSA) is 67.8 Å². The van der Waals surface area contributed by atoms with Gasteiger partial charge in [-0.25, -0.2) is 4.98 Å². The van der Waals surface area contributed by atoms with Crippen LogP contribution in [0.25, 0.3) is 0 Å². The third-order valence-corrected chi connectivity index (χ3v) is 5.79. The van der Waals surface area contributed by atoms with Crippen LogP contribution in [0.3, 0.4) is 0 Å². The monoisotopic (exact) mass is 388 g/mol. The molecule has 27 heavy (non-hydrogen) atoms. The summed E-state index contributed by atoms with van der Waals surface area (Å²) in [5.74, 6) is -0.0384. The van der Waals surface area contributed by atoms with Gasteiger partial charge in [-0.2, -0.15) is 0 Å². The molecular weight excluding hydrogens is 364 g/mol.